The molecule has 2 rings (SSSR count). The van der Waals surface area contributed by atoms with Crippen LogP contribution in [0.15, 0.2) is 10.9 Å². The fourth-order valence-corrected chi connectivity index (χ4v) is 1.45. The van der Waals surface area contributed by atoms with Gasteiger partial charge in [0.1, 0.15) is 6.33 Å². The third kappa shape index (κ3) is 1.88. The second-order valence-electron chi connectivity index (χ2n) is 3.30. The Hall–Kier alpha value is -1.72. The monoisotopic (exact) mass is 207 g/mol. The Kier molecular flexibility index (Phi) is 2.75. The number of nitrogens with zero attached hydrogens (tertiary/aromatic N) is 4. The molecule has 0 aliphatic rings. The Labute approximate surface area is 87.1 Å². The summed E-state index contributed by atoms with van der Waals surface area (Å²) in [6.07, 6.45) is 3.41. The zero-order valence-electron chi connectivity index (χ0n) is 8.77. The second-order valence-corrected chi connectivity index (χ2v) is 3.30. The molecule has 0 aliphatic carbocycles. The van der Waals surface area contributed by atoms with Gasteiger partial charge in [0.15, 0.2) is 5.82 Å². The molecule has 0 amide bonds. The van der Waals surface area contributed by atoms with Gasteiger partial charge in [0.25, 0.3) is 0 Å². The van der Waals surface area contributed by atoms with Gasteiger partial charge in [-0.1, -0.05) is 19.0 Å². The van der Waals surface area contributed by atoms with Gasteiger partial charge in [0.05, 0.1) is 0 Å². The average Bonchev–Trinajstić information content (AvgIpc) is 2.89. The van der Waals surface area contributed by atoms with Crippen LogP contribution >= 0.6 is 0 Å². The quantitative estimate of drug-likeness (QED) is 0.826. The van der Waals surface area contributed by atoms with E-state index in [-0.39, 0.29) is 0 Å². The van der Waals surface area contributed by atoms with E-state index >= 15 is 0 Å². The molecular formula is C9H13N5O. The molecule has 0 spiro atoms. The molecule has 0 aliphatic heterocycles. The summed E-state index contributed by atoms with van der Waals surface area (Å²) < 4.78 is 5.18. The van der Waals surface area contributed by atoms with Crippen molar-refractivity contribution in [1.29, 1.82) is 0 Å². The van der Waals surface area contributed by atoms with Crippen molar-refractivity contribution in [2.45, 2.75) is 32.6 Å². The van der Waals surface area contributed by atoms with Crippen LogP contribution in [0.3, 0.4) is 0 Å². The van der Waals surface area contributed by atoms with Gasteiger partial charge in [-0.05, 0) is 12.8 Å². The van der Waals surface area contributed by atoms with Gasteiger partial charge in [-0.2, -0.15) is 10.1 Å². The number of aromatic amines is 1. The molecule has 2 aromatic heterocycles. The topological polar surface area (TPSA) is 80.5 Å². The van der Waals surface area contributed by atoms with Crippen LogP contribution in [0.5, 0.6) is 0 Å². The molecule has 0 bridgehead atoms. The molecule has 80 valence electrons. The van der Waals surface area contributed by atoms with Crippen molar-refractivity contribution in [2.24, 2.45) is 0 Å². The molecule has 15 heavy (non-hydrogen) atoms. The number of nitrogens with one attached hydrogen (secondary N) is 1. The summed E-state index contributed by atoms with van der Waals surface area (Å²) >= 11 is 0. The van der Waals surface area contributed by atoms with Crippen molar-refractivity contribution < 1.29 is 4.52 Å². The lowest BCUT2D eigenvalue weighted by atomic mass is 10.0. The molecule has 2 heterocycles. The van der Waals surface area contributed by atoms with Gasteiger partial charge >= 0.3 is 0 Å². The zero-order chi connectivity index (χ0) is 10.7. The second kappa shape index (κ2) is 4.20. The van der Waals surface area contributed by atoms with Crippen LogP contribution in [0.4, 0.5) is 0 Å². The number of hydrogen-bond acceptors (Lipinski definition) is 5. The first-order valence-corrected chi connectivity index (χ1v) is 5.04. The predicted octanol–water partition coefficient (Wildman–Crippen LogP) is 1.76. The van der Waals surface area contributed by atoms with Crippen LogP contribution < -0.4 is 0 Å². The van der Waals surface area contributed by atoms with Crippen LogP contribution in [0.25, 0.3) is 11.6 Å². The van der Waals surface area contributed by atoms with E-state index in [1.807, 2.05) is 0 Å². The molecule has 1 N–H and O–H groups in total. The standard InChI is InChI=1S/C9H13N5O/c1-3-6(4-2)9-12-8(14-15-9)7-10-5-11-13-7/h5-6H,3-4H2,1-2H3,(H,10,11,13). The molecule has 6 nitrogen and oxygen atoms in total. The molecule has 0 unspecified atom stereocenters. The highest BCUT2D eigenvalue weighted by molar-refractivity contribution is 5.39. The van der Waals surface area contributed by atoms with Gasteiger partial charge in [-0.15, -0.1) is 0 Å². The smallest absolute Gasteiger partial charge is 0.239 e. The summed E-state index contributed by atoms with van der Waals surface area (Å²) in [6.45, 7) is 4.21. The molecule has 0 atom stereocenters. The van der Waals surface area contributed by atoms with E-state index in [1.165, 1.54) is 6.33 Å². The van der Waals surface area contributed by atoms with Crippen LogP contribution in [-0.2, 0) is 0 Å². The van der Waals surface area contributed by atoms with Crippen LogP contribution in [-0.4, -0.2) is 25.3 Å². The van der Waals surface area contributed by atoms with E-state index in [4.69, 9.17) is 4.52 Å². The van der Waals surface area contributed by atoms with E-state index in [2.05, 4.69) is 39.2 Å². The summed E-state index contributed by atoms with van der Waals surface area (Å²) in [5.41, 5.74) is 0. The first-order chi connectivity index (χ1) is 7.35. The minimum absolute atomic E-state index is 0.328. The summed E-state index contributed by atoms with van der Waals surface area (Å²) in [6, 6.07) is 0. The molecule has 0 saturated heterocycles. The fraction of sp³-hybridized carbons (Fsp3) is 0.556. The van der Waals surface area contributed by atoms with Gasteiger partial charge in [0, 0.05) is 5.92 Å². The Morgan fingerprint density at radius 3 is 2.80 bits per heavy atom. The van der Waals surface area contributed by atoms with Crippen molar-refractivity contribution in [3.8, 4) is 11.6 Å². The van der Waals surface area contributed by atoms with Crippen molar-refractivity contribution in [1.82, 2.24) is 25.3 Å². The van der Waals surface area contributed by atoms with Crippen LogP contribution in [0.1, 0.15) is 38.5 Å². The van der Waals surface area contributed by atoms with E-state index in [0.29, 0.717) is 23.5 Å². The maximum atomic E-state index is 5.18. The fourth-order valence-electron chi connectivity index (χ4n) is 1.45. The lowest BCUT2D eigenvalue weighted by Gasteiger charge is -2.03. The van der Waals surface area contributed by atoms with Crippen LogP contribution in [0, 0.1) is 0 Å². The van der Waals surface area contributed by atoms with Crippen molar-refractivity contribution in [3.63, 3.8) is 0 Å². The van der Waals surface area contributed by atoms with E-state index in [1.54, 1.807) is 0 Å². The molecular weight excluding hydrogens is 194 g/mol. The van der Waals surface area contributed by atoms with E-state index in [0.717, 1.165) is 12.8 Å². The summed E-state index contributed by atoms with van der Waals surface area (Å²) in [5, 5.41) is 10.3. The van der Waals surface area contributed by atoms with E-state index in [9.17, 15) is 0 Å². The zero-order valence-corrected chi connectivity index (χ0v) is 8.77. The van der Waals surface area contributed by atoms with Crippen molar-refractivity contribution >= 4 is 0 Å². The number of H-pyrrole nitrogens is 1. The Balaban J connectivity index is 2.24. The normalized spacial score (nSPS) is 11.1. The van der Waals surface area contributed by atoms with E-state index < -0.39 is 0 Å². The maximum Gasteiger partial charge on any atom is 0.239 e. The molecule has 2 aromatic rings. The third-order valence-electron chi connectivity index (χ3n) is 2.40. The largest absolute Gasteiger partial charge is 0.339 e. The summed E-state index contributed by atoms with van der Waals surface area (Å²) in [5.74, 6) is 2.01. The van der Waals surface area contributed by atoms with Crippen molar-refractivity contribution in [3.05, 3.63) is 12.2 Å². The minimum Gasteiger partial charge on any atom is -0.339 e. The van der Waals surface area contributed by atoms with Crippen LogP contribution in [0.2, 0.25) is 0 Å². The summed E-state index contributed by atoms with van der Waals surface area (Å²) in [7, 11) is 0. The molecule has 0 radical (unpaired) electrons. The predicted molar refractivity (Wildman–Crippen MR) is 53.0 cm³/mol. The lowest BCUT2D eigenvalue weighted by molar-refractivity contribution is 0.346. The van der Waals surface area contributed by atoms with Crippen molar-refractivity contribution in [2.75, 3.05) is 0 Å². The molecule has 0 aromatic carbocycles. The highest BCUT2D eigenvalue weighted by atomic mass is 16.5. The third-order valence-corrected chi connectivity index (χ3v) is 2.40. The van der Waals surface area contributed by atoms with Gasteiger partial charge in [-0.3, -0.25) is 5.10 Å². The van der Waals surface area contributed by atoms with Gasteiger partial charge in [0.2, 0.25) is 11.7 Å². The molecule has 0 fully saturated rings. The SMILES string of the molecule is CCC(CC)c1nc(-c2ncn[nH]2)no1. The Morgan fingerprint density at radius 1 is 1.40 bits per heavy atom. The van der Waals surface area contributed by atoms with Gasteiger partial charge in [-0.25, -0.2) is 4.98 Å². The maximum absolute atomic E-state index is 5.18. The number of hydrogen-bond donors (Lipinski definition) is 1. The molecule has 6 heteroatoms. The lowest BCUT2D eigenvalue weighted by Crippen LogP contribution is -1.95. The van der Waals surface area contributed by atoms with Gasteiger partial charge < -0.3 is 4.52 Å². The minimum atomic E-state index is 0.328. The highest BCUT2D eigenvalue weighted by Crippen LogP contribution is 2.22. The number of rotatable bonds is 4. The molecule has 0 saturated carbocycles. The Bertz CT molecular complexity index is 404. The summed E-state index contributed by atoms with van der Waals surface area (Å²) in [4.78, 5) is 8.24. The first kappa shape index (κ1) is 9.82. The first-order valence-electron chi connectivity index (χ1n) is 5.04. The average molecular weight is 207 g/mol. The highest BCUT2D eigenvalue weighted by Gasteiger charge is 2.17. The Morgan fingerprint density at radius 2 is 2.20 bits per heavy atom. The number of aromatic nitrogens is 5.